The Morgan fingerprint density at radius 1 is 1.25 bits per heavy atom. The van der Waals surface area contributed by atoms with Crippen molar-refractivity contribution < 1.29 is 9.47 Å². The van der Waals surface area contributed by atoms with E-state index in [2.05, 4.69) is 0 Å². The Labute approximate surface area is 49.8 Å². The molecule has 1 fully saturated rings. The first-order valence-corrected chi connectivity index (χ1v) is 2.80. The molecule has 0 N–H and O–H groups in total. The molecule has 2 heteroatoms. The summed E-state index contributed by atoms with van der Waals surface area (Å²) in [6, 6.07) is 0. The van der Waals surface area contributed by atoms with Crippen molar-refractivity contribution in [3.63, 3.8) is 0 Å². The third kappa shape index (κ3) is 1.46. The molecule has 0 unspecified atom stereocenters. The summed E-state index contributed by atoms with van der Waals surface area (Å²) < 4.78 is 10.4. The van der Waals surface area contributed by atoms with Crippen molar-refractivity contribution in [2.45, 2.75) is 19.6 Å². The fourth-order valence-electron chi connectivity index (χ4n) is 0.609. The molecule has 8 heavy (non-hydrogen) atoms. The molecule has 1 heterocycles. The second kappa shape index (κ2) is 2.03. The van der Waals surface area contributed by atoms with Crippen LogP contribution in [0, 0.1) is 6.42 Å². The summed E-state index contributed by atoms with van der Waals surface area (Å²) in [6.07, 6.45) is 1.96. The van der Waals surface area contributed by atoms with Crippen LogP contribution in [-0.2, 0) is 9.47 Å². The zero-order valence-electron chi connectivity index (χ0n) is 5.31. The number of hydrogen-bond acceptors (Lipinski definition) is 2. The van der Waals surface area contributed by atoms with Gasteiger partial charge >= 0.3 is 0 Å². The van der Waals surface area contributed by atoms with Crippen molar-refractivity contribution in [1.82, 2.24) is 0 Å². The summed E-state index contributed by atoms with van der Waals surface area (Å²) >= 11 is 0. The van der Waals surface area contributed by atoms with Gasteiger partial charge in [-0.1, -0.05) is 0 Å². The summed E-state index contributed by atoms with van der Waals surface area (Å²) in [5.74, 6) is -0.352. The number of rotatable bonds is 0. The molecule has 0 atom stereocenters. The molecule has 0 saturated carbocycles. The molecule has 1 aliphatic heterocycles. The van der Waals surface area contributed by atoms with Gasteiger partial charge in [0.15, 0.2) is 5.79 Å². The molecule has 2 nitrogen and oxygen atoms in total. The molecule has 0 aromatic heterocycles. The van der Waals surface area contributed by atoms with E-state index in [0.717, 1.165) is 0 Å². The van der Waals surface area contributed by atoms with E-state index in [0.29, 0.717) is 13.2 Å². The minimum Gasteiger partial charge on any atom is -0.350 e. The molecule has 0 bridgehead atoms. The Hall–Kier alpha value is -0.0800. The lowest BCUT2D eigenvalue weighted by Crippen LogP contribution is -2.34. The van der Waals surface area contributed by atoms with Crippen LogP contribution in [0.3, 0.4) is 0 Å². The summed E-state index contributed by atoms with van der Waals surface area (Å²) in [7, 11) is 0. The van der Waals surface area contributed by atoms with Crippen LogP contribution in [0.25, 0.3) is 0 Å². The van der Waals surface area contributed by atoms with Crippen LogP contribution in [0.2, 0.25) is 0 Å². The Morgan fingerprint density at radius 2 is 1.75 bits per heavy atom. The van der Waals surface area contributed by atoms with E-state index in [1.54, 1.807) is 0 Å². The molecule has 0 aromatic carbocycles. The van der Waals surface area contributed by atoms with E-state index >= 15 is 0 Å². The van der Waals surface area contributed by atoms with Gasteiger partial charge in [-0.05, 0) is 13.8 Å². The van der Waals surface area contributed by atoms with Crippen molar-refractivity contribution in [3.8, 4) is 0 Å². The van der Waals surface area contributed by atoms with E-state index in [4.69, 9.17) is 9.47 Å². The van der Waals surface area contributed by atoms with Crippen LogP contribution in [-0.4, -0.2) is 19.0 Å². The Kier molecular flexibility index (Phi) is 1.54. The van der Waals surface area contributed by atoms with E-state index in [1.807, 2.05) is 20.3 Å². The van der Waals surface area contributed by atoms with Crippen LogP contribution in [0.15, 0.2) is 0 Å². The molecule has 1 aliphatic rings. The van der Waals surface area contributed by atoms with Gasteiger partial charge < -0.3 is 9.47 Å². The normalized spacial score (nSPS) is 27.8. The molecule has 1 saturated heterocycles. The van der Waals surface area contributed by atoms with Gasteiger partial charge in [0.25, 0.3) is 0 Å². The van der Waals surface area contributed by atoms with Crippen LogP contribution >= 0.6 is 0 Å². The lowest BCUT2D eigenvalue weighted by atomic mass is 10.3. The Balaban J connectivity index is 2.33. The zero-order chi connectivity index (χ0) is 6.04. The third-order valence-corrected chi connectivity index (χ3v) is 1.10. The zero-order valence-corrected chi connectivity index (χ0v) is 5.31. The maximum absolute atomic E-state index is 5.19. The molecule has 0 aliphatic carbocycles. The van der Waals surface area contributed by atoms with Gasteiger partial charge in [-0.2, -0.15) is 0 Å². The highest BCUT2D eigenvalue weighted by Crippen LogP contribution is 2.15. The highest BCUT2D eigenvalue weighted by atomic mass is 16.7. The average molecular weight is 115 g/mol. The molecular weight excluding hydrogens is 104 g/mol. The van der Waals surface area contributed by atoms with E-state index < -0.39 is 0 Å². The minimum absolute atomic E-state index is 0.352. The standard InChI is InChI=1S/C6H11O2/c1-6(2)7-4-3-5-8-6/h3H,4-5H2,1-2H3. The van der Waals surface area contributed by atoms with Crippen LogP contribution in [0.1, 0.15) is 13.8 Å². The van der Waals surface area contributed by atoms with Gasteiger partial charge in [-0.15, -0.1) is 0 Å². The predicted octanol–water partition coefficient (Wildman–Crippen LogP) is 0.974. The number of ether oxygens (including phenoxy) is 2. The second-order valence-corrected chi connectivity index (χ2v) is 2.31. The molecule has 0 aromatic rings. The molecule has 1 radical (unpaired) electrons. The quantitative estimate of drug-likeness (QED) is 0.468. The smallest absolute Gasteiger partial charge is 0.162 e. The topological polar surface area (TPSA) is 18.5 Å². The maximum atomic E-state index is 5.19. The van der Waals surface area contributed by atoms with Crippen LogP contribution in [0.4, 0.5) is 0 Å². The summed E-state index contributed by atoms with van der Waals surface area (Å²) in [4.78, 5) is 0. The van der Waals surface area contributed by atoms with Crippen molar-refractivity contribution in [2.24, 2.45) is 0 Å². The first-order valence-electron chi connectivity index (χ1n) is 2.80. The highest BCUT2D eigenvalue weighted by Gasteiger charge is 2.21. The van der Waals surface area contributed by atoms with Gasteiger partial charge in [-0.25, -0.2) is 0 Å². The monoisotopic (exact) mass is 115 g/mol. The van der Waals surface area contributed by atoms with Crippen LogP contribution in [0.5, 0.6) is 0 Å². The van der Waals surface area contributed by atoms with Crippen molar-refractivity contribution >= 4 is 0 Å². The Bertz CT molecular complexity index is 70.6. The van der Waals surface area contributed by atoms with Crippen molar-refractivity contribution in [1.29, 1.82) is 0 Å². The largest absolute Gasteiger partial charge is 0.350 e. The lowest BCUT2D eigenvalue weighted by Gasteiger charge is -2.29. The molecule has 1 rings (SSSR count). The molecule has 47 valence electrons. The maximum Gasteiger partial charge on any atom is 0.162 e. The predicted molar refractivity (Wildman–Crippen MR) is 30.3 cm³/mol. The molecule has 0 amide bonds. The van der Waals surface area contributed by atoms with Crippen molar-refractivity contribution in [2.75, 3.05) is 13.2 Å². The first kappa shape index (κ1) is 6.05. The average Bonchev–Trinajstić information content (AvgIpc) is 1.65. The van der Waals surface area contributed by atoms with E-state index in [9.17, 15) is 0 Å². The summed E-state index contributed by atoms with van der Waals surface area (Å²) in [5.41, 5.74) is 0. The fraction of sp³-hybridized carbons (Fsp3) is 0.833. The van der Waals surface area contributed by atoms with Crippen LogP contribution < -0.4 is 0 Å². The van der Waals surface area contributed by atoms with Gasteiger partial charge in [0.1, 0.15) is 0 Å². The molecule has 0 spiro atoms. The van der Waals surface area contributed by atoms with Gasteiger partial charge in [0.2, 0.25) is 0 Å². The second-order valence-electron chi connectivity index (χ2n) is 2.31. The molecular formula is C6H11O2. The van der Waals surface area contributed by atoms with Gasteiger partial charge in [0, 0.05) is 6.42 Å². The fourth-order valence-corrected chi connectivity index (χ4v) is 0.609. The highest BCUT2D eigenvalue weighted by molar-refractivity contribution is 4.71. The van der Waals surface area contributed by atoms with Gasteiger partial charge in [-0.3, -0.25) is 0 Å². The summed E-state index contributed by atoms with van der Waals surface area (Å²) in [6.45, 7) is 5.26. The SMILES string of the molecule is CC1(C)OC[CH]CO1. The lowest BCUT2D eigenvalue weighted by molar-refractivity contribution is -0.227. The first-order chi connectivity index (χ1) is 3.71. The summed E-state index contributed by atoms with van der Waals surface area (Å²) in [5, 5.41) is 0. The third-order valence-electron chi connectivity index (χ3n) is 1.10. The minimum atomic E-state index is -0.352. The Morgan fingerprint density at radius 3 is 2.00 bits per heavy atom. The van der Waals surface area contributed by atoms with Crippen molar-refractivity contribution in [3.05, 3.63) is 6.42 Å². The van der Waals surface area contributed by atoms with E-state index in [-0.39, 0.29) is 5.79 Å². The van der Waals surface area contributed by atoms with Gasteiger partial charge in [0.05, 0.1) is 13.2 Å². The number of hydrogen-bond donors (Lipinski definition) is 0. The van der Waals surface area contributed by atoms with E-state index in [1.165, 1.54) is 0 Å².